The number of nitrogens with zero attached hydrogens (tertiary/aromatic N) is 4. The molecule has 2 aromatic rings. The number of amides is 2. The highest BCUT2D eigenvalue weighted by Crippen LogP contribution is 2.09. The summed E-state index contributed by atoms with van der Waals surface area (Å²) in [5, 5.41) is 9.87. The minimum absolute atomic E-state index is 0.0921. The van der Waals surface area contributed by atoms with Crippen molar-refractivity contribution in [2.45, 2.75) is 38.8 Å². The lowest BCUT2D eigenvalue weighted by molar-refractivity contribution is -0.122. The summed E-state index contributed by atoms with van der Waals surface area (Å²) in [5.41, 5.74) is 0.856. The number of aromatic nitrogens is 3. The van der Waals surface area contributed by atoms with Gasteiger partial charge in [0.2, 0.25) is 5.91 Å². The summed E-state index contributed by atoms with van der Waals surface area (Å²) in [6.45, 7) is 5.23. The molecule has 0 aromatic carbocycles. The van der Waals surface area contributed by atoms with E-state index in [-0.39, 0.29) is 24.4 Å². The number of carbonyl (C=O) groups excluding carboxylic acids is 2. The molecule has 2 N–H and O–H groups in total. The molecule has 0 radical (unpaired) electrons. The van der Waals surface area contributed by atoms with Crippen molar-refractivity contribution in [3.63, 3.8) is 0 Å². The van der Waals surface area contributed by atoms with E-state index in [9.17, 15) is 9.59 Å². The van der Waals surface area contributed by atoms with Gasteiger partial charge in [0.05, 0.1) is 11.9 Å². The van der Waals surface area contributed by atoms with Gasteiger partial charge >= 0.3 is 0 Å². The Morgan fingerprint density at radius 2 is 2.04 bits per heavy atom. The number of rotatable bonds is 7. The number of pyridine rings is 1. The Morgan fingerprint density at radius 3 is 2.78 bits per heavy atom. The van der Waals surface area contributed by atoms with E-state index in [4.69, 9.17) is 0 Å². The number of hydrogen-bond donors (Lipinski definition) is 2. The number of anilines is 1. The van der Waals surface area contributed by atoms with Crippen LogP contribution in [0.3, 0.4) is 0 Å². The van der Waals surface area contributed by atoms with E-state index in [1.54, 1.807) is 30.6 Å². The number of carbonyl (C=O) groups is 2. The van der Waals surface area contributed by atoms with Gasteiger partial charge in [-0.1, -0.05) is 12.5 Å². The lowest BCUT2D eigenvalue weighted by atomic mass is 10.1. The molecule has 2 amide bonds. The van der Waals surface area contributed by atoms with Crippen molar-refractivity contribution < 1.29 is 9.59 Å². The number of piperidine rings is 1. The zero-order valence-corrected chi connectivity index (χ0v) is 15.6. The highest BCUT2D eigenvalue weighted by atomic mass is 16.2. The van der Waals surface area contributed by atoms with Gasteiger partial charge in [-0.15, -0.1) is 0 Å². The molecule has 0 unspecified atom stereocenters. The van der Waals surface area contributed by atoms with E-state index in [1.807, 2.05) is 6.92 Å². The molecule has 1 saturated heterocycles. The van der Waals surface area contributed by atoms with Gasteiger partial charge in [-0.3, -0.25) is 19.3 Å². The van der Waals surface area contributed by atoms with Gasteiger partial charge in [-0.05, 0) is 45.0 Å². The van der Waals surface area contributed by atoms with Gasteiger partial charge in [0.15, 0.2) is 0 Å². The summed E-state index contributed by atoms with van der Waals surface area (Å²) >= 11 is 0. The molecule has 0 bridgehead atoms. The molecule has 1 fully saturated rings. The first-order valence-corrected chi connectivity index (χ1v) is 9.37. The van der Waals surface area contributed by atoms with Gasteiger partial charge < -0.3 is 15.5 Å². The van der Waals surface area contributed by atoms with Crippen molar-refractivity contribution in [1.29, 1.82) is 0 Å². The van der Waals surface area contributed by atoms with Gasteiger partial charge in [0, 0.05) is 25.0 Å². The second kappa shape index (κ2) is 9.27. The number of likely N-dealkylation sites (tertiary alicyclic amines) is 1. The van der Waals surface area contributed by atoms with Crippen LogP contribution in [-0.4, -0.2) is 57.2 Å². The molecule has 2 aromatic heterocycles. The molecular formula is C19H26N6O2. The Balaban J connectivity index is 1.45. The molecule has 0 aliphatic carbocycles. The van der Waals surface area contributed by atoms with Crippen LogP contribution in [-0.2, 0) is 11.3 Å². The Bertz CT molecular complexity index is 755. The van der Waals surface area contributed by atoms with Crippen LogP contribution in [0, 0.1) is 0 Å². The van der Waals surface area contributed by atoms with E-state index in [1.165, 1.54) is 30.1 Å². The predicted molar refractivity (Wildman–Crippen MR) is 102 cm³/mol. The third kappa shape index (κ3) is 5.89. The van der Waals surface area contributed by atoms with Crippen LogP contribution in [0.15, 0.2) is 36.8 Å². The number of hydrogen-bond acceptors (Lipinski definition) is 5. The van der Waals surface area contributed by atoms with Gasteiger partial charge in [0.1, 0.15) is 12.2 Å². The zero-order chi connectivity index (χ0) is 19.1. The molecule has 8 heteroatoms. The number of nitrogens with one attached hydrogen (secondary N) is 2. The highest BCUT2D eigenvalue weighted by molar-refractivity contribution is 6.02. The van der Waals surface area contributed by atoms with Crippen LogP contribution in [0.2, 0.25) is 0 Å². The third-order valence-corrected chi connectivity index (χ3v) is 4.48. The van der Waals surface area contributed by atoms with Crippen LogP contribution in [0.1, 0.15) is 36.7 Å². The molecule has 3 heterocycles. The fourth-order valence-corrected chi connectivity index (χ4v) is 3.25. The quantitative estimate of drug-likeness (QED) is 0.771. The largest absolute Gasteiger partial charge is 0.351 e. The lowest BCUT2D eigenvalue weighted by Crippen LogP contribution is -2.44. The zero-order valence-electron chi connectivity index (χ0n) is 15.6. The normalized spacial score (nSPS) is 15.9. The minimum Gasteiger partial charge on any atom is -0.351 e. The smallest absolute Gasteiger partial charge is 0.274 e. The van der Waals surface area contributed by atoms with Crippen LogP contribution < -0.4 is 10.6 Å². The Kier molecular flexibility index (Phi) is 6.54. The maximum absolute atomic E-state index is 12.2. The van der Waals surface area contributed by atoms with Crippen molar-refractivity contribution in [2.24, 2.45) is 0 Å². The maximum Gasteiger partial charge on any atom is 0.274 e. The second-order valence-electron chi connectivity index (χ2n) is 6.93. The van der Waals surface area contributed by atoms with E-state index < -0.39 is 0 Å². The second-order valence-corrected chi connectivity index (χ2v) is 6.93. The van der Waals surface area contributed by atoms with Crippen molar-refractivity contribution in [2.75, 3.05) is 25.0 Å². The molecule has 8 nitrogen and oxygen atoms in total. The Hall–Kier alpha value is -2.74. The van der Waals surface area contributed by atoms with Crippen LogP contribution >= 0.6 is 0 Å². The van der Waals surface area contributed by atoms with Gasteiger partial charge in [0.25, 0.3) is 5.91 Å². The van der Waals surface area contributed by atoms with E-state index in [0.717, 1.165) is 19.6 Å². The average molecular weight is 370 g/mol. The molecule has 1 atom stereocenters. The van der Waals surface area contributed by atoms with Crippen molar-refractivity contribution in [3.8, 4) is 0 Å². The molecule has 27 heavy (non-hydrogen) atoms. The van der Waals surface area contributed by atoms with E-state index in [2.05, 4.69) is 25.6 Å². The average Bonchev–Trinajstić information content (AvgIpc) is 3.09. The SMILES string of the molecule is C[C@@H](CN1CCCCC1)NC(=O)Cn1cc(NC(=O)c2ccccn2)cn1. The first-order valence-electron chi connectivity index (χ1n) is 9.37. The summed E-state index contributed by atoms with van der Waals surface area (Å²) < 4.78 is 1.51. The van der Waals surface area contributed by atoms with Crippen LogP contribution in [0.5, 0.6) is 0 Å². The molecule has 144 valence electrons. The van der Waals surface area contributed by atoms with Gasteiger partial charge in [-0.2, -0.15) is 5.10 Å². The Morgan fingerprint density at radius 1 is 1.22 bits per heavy atom. The fraction of sp³-hybridized carbons (Fsp3) is 0.474. The standard InChI is InChI=1S/C19H26N6O2/c1-15(12-24-9-5-2-6-10-24)22-18(26)14-25-13-16(11-21-25)23-19(27)17-7-3-4-8-20-17/h3-4,7-8,11,13,15H,2,5-6,9-10,12,14H2,1H3,(H,22,26)(H,23,27)/t15-/m0/s1. The van der Waals surface area contributed by atoms with E-state index in [0.29, 0.717) is 11.4 Å². The predicted octanol–water partition coefficient (Wildman–Crippen LogP) is 1.52. The lowest BCUT2D eigenvalue weighted by Gasteiger charge is -2.29. The van der Waals surface area contributed by atoms with E-state index >= 15 is 0 Å². The first kappa shape index (κ1) is 19.0. The Labute approximate surface area is 159 Å². The topological polar surface area (TPSA) is 92.2 Å². The van der Waals surface area contributed by atoms with Crippen LogP contribution in [0.4, 0.5) is 5.69 Å². The summed E-state index contributed by atoms with van der Waals surface area (Å²) in [7, 11) is 0. The van der Waals surface area contributed by atoms with Crippen molar-refractivity contribution in [3.05, 3.63) is 42.5 Å². The first-order chi connectivity index (χ1) is 13.1. The molecule has 0 spiro atoms. The summed E-state index contributed by atoms with van der Waals surface area (Å²) in [6.07, 6.45) is 8.49. The monoisotopic (exact) mass is 370 g/mol. The summed E-state index contributed by atoms with van der Waals surface area (Å²) in [6, 6.07) is 5.23. The molecular weight excluding hydrogens is 344 g/mol. The summed E-state index contributed by atoms with van der Waals surface area (Å²) in [4.78, 5) is 30.7. The molecule has 0 saturated carbocycles. The van der Waals surface area contributed by atoms with Crippen LogP contribution in [0.25, 0.3) is 0 Å². The minimum atomic E-state index is -0.310. The van der Waals surface area contributed by atoms with Gasteiger partial charge in [-0.25, -0.2) is 0 Å². The fourth-order valence-electron chi connectivity index (χ4n) is 3.25. The van der Waals surface area contributed by atoms with Crippen molar-refractivity contribution >= 4 is 17.5 Å². The summed E-state index contributed by atoms with van der Waals surface area (Å²) in [5.74, 6) is -0.403. The highest BCUT2D eigenvalue weighted by Gasteiger charge is 2.15. The molecule has 1 aliphatic heterocycles. The third-order valence-electron chi connectivity index (χ3n) is 4.48. The molecule has 3 rings (SSSR count). The van der Waals surface area contributed by atoms with Crippen molar-refractivity contribution in [1.82, 2.24) is 25.0 Å². The molecule has 1 aliphatic rings. The maximum atomic E-state index is 12.2.